The van der Waals surface area contributed by atoms with Gasteiger partial charge >= 0.3 is 0 Å². The van der Waals surface area contributed by atoms with Crippen molar-refractivity contribution in [2.45, 2.75) is 88.3 Å². The lowest BCUT2D eigenvalue weighted by Crippen LogP contribution is -2.73. The Morgan fingerprint density at radius 1 is 1.00 bits per heavy atom. The smallest absolute Gasteiger partial charge is 0.102 e. The number of nitrogens with zero attached hydrogens (tertiary/aromatic N) is 2. The first-order chi connectivity index (χ1) is 13.5. The van der Waals surface area contributed by atoms with Crippen molar-refractivity contribution in [2.75, 3.05) is 26.2 Å². The van der Waals surface area contributed by atoms with Crippen LogP contribution >= 0.6 is 11.6 Å². The number of benzene rings is 1. The van der Waals surface area contributed by atoms with Crippen LogP contribution in [0.25, 0.3) is 0 Å². The van der Waals surface area contributed by atoms with Crippen molar-refractivity contribution in [1.29, 1.82) is 0 Å². The van der Waals surface area contributed by atoms with Crippen LogP contribution in [-0.4, -0.2) is 58.3 Å². The summed E-state index contributed by atoms with van der Waals surface area (Å²) in [6, 6.07) is 8.40. The molecule has 156 valence electrons. The summed E-state index contributed by atoms with van der Waals surface area (Å²) in [7, 11) is 0. The van der Waals surface area contributed by atoms with Crippen molar-refractivity contribution in [2.24, 2.45) is 0 Å². The van der Waals surface area contributed by atoms with Crippen LogP contribution in [0.15, 0.2) is 24.3 Å². The third-order valence-electron chi connectivity index (χ3n) is 7.87. The fourth-order valence-corrected chi connectivity index (χ4v) is 6.47. The first-order valence-corrected chi connectivity index (χ1v) is 11.9. The molecule has 3 nitrogen and oxygen atoms in total. The lowest BCUT2D eigenvalue weighted by molar-refractivity contribution is -0.177. The monoisotopic (exact) mass is 404 g/mol. The summed E-state index contributed by atoms with van der Waals surface area (Å²) < 4.78 is 0. The van der Waals surface area contributed by atoms with Gasteiger partial charge in [-0.1, -0.05) is 36.6 Å². The van der Waals surface area contributed by atoms with Crippen LogP contribution in [0.3, 0.4) is 0 Å². The van der Waals surface area contributed by atoms with Crippen LogP contribution in [0.5, 0.6) is 0 Å². The van der Waals surface area contributed by atoms with Crippen LogP contribution in [0, 0.1) is 0 Å². The second-order valence-corrected chi connectivity index (χ2v) is 9.99. The molecule has 3 unspecified atom stereocenters. The third kappa shape index (κ3) is 3.88. The Balaban J connectivity index is 1.70. The topological polar surface area (TPSA) is 26.7 Å². The molecule has 3 atom stereocenters. The molecule has 2 aliphatic heterocycles. The maximum atomic E-state index is 12.6. The number of hydrogen-bond donors (Lipinski definition) is 1. The van der Waals surface area contributed by atoms with Crippen molar-refractivity contribution < 1.29 is 5.11 Å². The highest BCUT2D eigenvalue weighted by Gasteiger charge is 2.58. The molecule has 0 bridgehead atoms. The number of halogens is 1. The summed E-state index contributed by atoms with van der Waals surface area (Å²) in [6.45, 7) is 6.89. The summed E-state index contributed by atoms with van der Waals surface area (Å²) in [6.07, 6.45) is 11.8. The fourth-order valence-electron chi connectivity index (χ4n) is 6.25. The van der Waals surface area contributed by atoms with Crippen LogP contribution in [0.2, 0.25) is 5.02 Å². The number of aliphatic hydroxyl groups is 1. The molecule has 28 heavy (non-hydrogen) atoms. The zero-order valence-corrected chi connectivity index (χ0v) is 18.3. The molecule has 4 heteroatoms. The van der Waals surface area contributed by atoms with E-state index in [0.717, 1.165) is 44.0 Å². The van der Waals surface area contributed by atoms with Gasteiger partial charge in [0.2, 0.25) is 0 Å². The van der Waals surface area contributed by atoms with Gasteiger partial charge in [-0.3, -0.25) is 9.80 Å². The highest BCUT2D eigenvalue weighted by Crippen LogP contribution is 2.47. The molecule has 1 aliphatic carbocycles. The number of rotatable bonds is 4. The molecule has 2 saturated heterocycles. The molecular formula is C24H37ClN2O. The maximum absolute atomic E-state index is 12.6. The van der Waals surface area contributed by atoms with Gasteiger partial charge in [-0.2, -0.15) is 0 Å². The third-order valence-corrected chi connectivity index (χ3v) is 8.11. The minimum Gasteiger partial charge on any atom is -0.386 e. The Labute approximate surface area is 176 Å². The van der Waals surface area contributed by atoms with Gasteiger partial charge in [-0.05, 0) is 95.7 Å². The van der Waals surface area contributed by atoms with E-state index in [-0.39, 0.29) is 11.6 Å². The zero-order chi connectivity index (χ0) is 19.6. The lowest BCUT2D eigenvalue weighted by atomic mass is 9.63. The highest BCUT2D eigenvalue weighted by atomic mass is 35.5. The first-order valence-electron chi connectivity index (χ1n) is 11.5. The van der Waals surface area contributed by atoms with Crippen molar-refractivity contribution in [3.63, 3.8) is 0 Å². The predicted octanol–water partition coefficient (Wildman–Crippen LogP) is 4.90. The zero-order valence-electron chi connectivity index (χ0n) is 17.5. The number of likely N-dealkylation sites (tertiary alicyclic amines) is 2. The van der Waals surface area contributed by atoms with E-state index in [1.165, 1.54) is 50.5 Å². The van der Waals surface area contributed by atoms with E-state index in [1.807, 2.05) is 12.1 Å². The minimum absolute atomic E-state index is 0.171. The van der Waals surface area contributed by atoms with Gasteiger partial charge in [0, 0.05) is 23.0 Å². The molecule has 1 N–H and O–H groups in total. The standard InChI is InChI=1S/C24H37ClN2O/c1-23(27-16-6-3-7-17-27)13-9-12-22(26-14-4-2-5-15-26)24(23,28)19-20-10-8-11-21(25)18-20/h8,10-11,18,22,28H,2-7,9,12-17,19H2,1H3. The number of hydrogen-bond acceptors (Lipinski definition) is 3. The van der Waals surface area contributed by atoms with Gasteiger partial charge in [-0.15, -0.1) is 0 Å². The predicted molar refractivity (Wildman–Crippen MR) is 117 cm³/mol. The minimum atomic E-state index is -0.745. The van der Waals surface area contributed by atoms with Gasteiger partial charge < -0.3 is 5.11 Å². The molecule has 4 rings (SSSR count). The Hall–Kier alpha value is -0.610. The molecule has 2 heterocycles. The molecule has 3 aliphatic rings. The normalized spacial score (nSPS) is 35.8. The Kier molecular flexibility index (Phi) is 6.37. The summed E-state index contributed by atoms with van der Waals surface area (Å²) in [5.41, 5.74) is 0.253. The van der Waals surface area contributed by atoms with E-state index in [1.54, 1.807) is 0 Å². The Morgan fingerprint density at radius 3 is 2.36 bits per heavy atom. The summed E-state index contributed by atoms with van der Waals surface area (Å²) >= 11 is 6.31. The highest BCUT2D eigenvalue weighted by molar-refractivity contribution is 6.30. The van der Waals surface area contributed by atoms with E-state index in [4.69, 9.17) is 11.6 Å². The number of piperidine rings is 2. The average molecular weight is 405 g/mol. The maximum Gasteiger partial charge on any atom is 0.102 e. The van der Waals surface area contributed by atoms with Gasteiger partial charge in [0.05, 0.1) is 0 Å². The van der Waals surface area contributed by atoms with E-state index in [9.17, 15) is 5.11 Å². The van der Waals surface area contributed by atoms with E-state index in [0.29, 0.717) is 6.42 Å². The van der Waals surface area contributed by atoms with E-state index in [2.05, 4.69) is 28.9 Å². The van der Waals surface area contributed by atoms with Crippen LogP contribution in [0.1, 0.15) is 70.3 Å². The molecule has 1 aromatic carbocycles. The lowest BCUT2D eigenvalue weighted by Gasteiger charge is -2.61. The second-order valence-electron chi connectivity index (χ2n) is 9.56. The largest absolute Gasteiger partial charge is 0.386 e. The van der Waals surface area contributed by atoms with Crippen LogP contribution in [-0.2, 0) is 6.42 Å². The van der Waals surface area contributed by atoms with Gasteiger partial charge in [0.1, 0.15) is 5.60 Å². The molecule has 0 radical (unpaired) electrons. The molecular weight excluding hydrogens is 368 g/mol. The molecule has 1 aromatic rings. The molecule has 3 fully saturated rings. The van der Waals surface area contributed by atoms with Crippen molar-refractivity contribution in [1.82, 2.24) is 9.80 Å². The van der Waals surface area contributed by atoms with Gasteiger partial charge in [0.15, 0.2) is 0 Å². The molecule has 0 aromatic heterocycles. The summed E-state index contributed by atoms with van der Waals surface area (Å²) in [5, 5.41) is 13.3. The average Bonchev–Trinajstić information content (AvgIpc) is 2.71. The fraction of sp³-hybridized carbons (Fsp3) is 0.750. The second kappa shape index (κ2) is 8.63. The van der Waals surface area contributed by atoms with Crippen molar-refractivity contribution in [3.05, 3.63) is 34.9 Å². The van der Waals surface area contributed by atoms with E-state index >= 15 is 0 Å². The van der Waals surface area contributed by atoms with Crippen LogP contribution < -0.4 is 0 Å². The molecule has 0 amide bonds. The van der Waals surface area contributed by atoms with Crippen LogP contribution in [0.4, 0.5) is 0 Å². The van der Waals surface area contributed by atoms with Gasteiger partial charge in [-0.25, -0.2) is 0 Å². The first kappa shape index (κ1) is 20.7. The quantitative estimate of drug-likeness (QED) is 0.773. The SMILES string of the molecule is CC1(N2CCCCC2)CCCC(N2CCCCC2)C1(O)Cc1cccc(Cl)c1. The molecule has 0 spiro atoms. The Morgan fingerprint density at radius 2 is 1.68 bits per heavy atom. The molecule has 1 saturated carbocycles. The van der Waals surface area contributed by atoms with E-state index < -0.39 is 5.60 Å². The Bertz CT molecular complexity index is 656. The van der Waals surface area contributed by atoms with Crippen molar-refractivity contribution >= 4 is 11.6 Å². The van der Waals surface area contributed by atoms with Gasteiger partial charge in [0.25, 0.3) is 0 Å². The summed E-state index contributed by atoms with van der Waals surface area (Å²) in [5.74, 6) is 0. The van der Waals surface area contributed by atoms with Crippen molar-refractivity contribution in [3.8, 4) is 0 Å². The summed E-state index contributed by atoms with van der Waals surface area (Å²) in [4.78, 5) is 5.26.